The number of anilines is 1. The van der Waals surface area contributed by atoms with Crippen molar-refractivity contribution in [3.63, 3.8) is 0 Å². The summed E-state index contributed by atoms with van der Waals surface area (Å²) in [5.41, 5.74) is 2.64. The zero-order valence-electron chi connectivity index (χ0n) is 17.2. The van der Waals surface area contributed by atoms with Gasteiger partial charge in [0.1, 0.15) is 10.7 Å². The molecule has 0 saturated heterocycles. The van der Waals surface area contributed by atoms with Crippen LogP contribution in [0.3, 0.4) is 0 Å². The van der Waals surface area contributed by atoms with Crippen LogP contribution in [0.1, 0.15) is 34.7 Å². The van der Waals surface area contributed by atoms with Gasteiger partial charge in [-0.2, -0.15) is 0 Å². The van der Waals surface area contributed by atoms with Gasteiger partial charge in [-0.1, -0.05) is 12.1 Å². The Balaban J connectivity index is 1.56. The molecule has 0 aliphatic rings. The Bertz CT molecular complexity index is 1200. The van der Waals surface area contributed by atoms with E-state index in [2.05, 4.69) is 20.3 Å². The molecule has 0 spiro atoms. The molecule has 156 valence electrons. The Morgan fingerprint density at radius 1 is 0.968 bits per heavy atom. The molecule has 0 radical (unpaired) electrons. The number of amides is 2. The van der Waals surface area contributed by atoms with E-state index < -0.39 is 0 Å². The van der Waals surface area contributed by atoms with E-state index in [-0.39, 0.29) is 17.5 Å². The van der Waals surface area contributed by atoms with Crippen molar-refractivity contribution in [1.82, 2.24) is 19.9 Å². The van der Waals surface area contributed by atoms with Crippen molar-refractivity contribution in [1.29, 1.82) is 0 Å². The highest BCUT2D eigenvalue weighted by atomic mass is 32.1. The molecule has 0 atom stereocenters. The molecule has 4 aromatic rings. The van der Waals surface area contributed by atoms with Crippen LogP contribution >= 0.6 is 11.3 Å². The zero-order valence-corrected chi connectivity index (χ0v) is 18.0. The molecule has 0 bridgehead atoms. The fourth-order valence-corrected chi connectivity index (χ4v) is 4.18. The lowest BCUT2D eigenvalue weighted by Crippen LogP contribution is -2.30. The summed E-state index contributed by atoms with van der Waals surface area (Å²) in [5, 5.41) is 3.47. The number of aromatic nitrogens is 3. The predicted octanol–water partition coefficient (Wildman–Crippen LogP) is 4.49. The fourth-order valence-electron chi connectivity index (χ4n) is 3.21. The molecule has 2 heterocycles. The summed E-state index contributed by atoms with van der Waals surface area (Å²) in [5.74, 6) is -0.417. The summed E-state index contributed by atoms with van der Waals surface area (Å²) in [6.07, 6.45) is 3.03. The first-order valence-corrected chi connectivity index (χ1v) is 10.8. The zero-order chi connectivity index (χ0) is 21.8. The van der Waals surface area contributed by atoms with Crippen molar-refractivity contribution in [2.45, 2.75) is 13.8 Å². The molecular formula is C23H21N5O2S. The van der Waals surface area contributed by atoms with Gasteiger partial charge in [0.2, 0.25) is 0 Å². The maximum Gasteiger partial charge on any atom is 0.276 e. The third-order valence-electron chi connectivity index (χ3n) is 4.85. The average molecular weight is 432 g/mol. The molecule has 0 aliphatic carbocycles. The van der Waals surface area contributed by atoms with Gasteiger partial charge in [-0.05, 0) is 50.2 Å². The summed E-state index contributed by atoms with van der Waals surface area (Å²) in [6, 6.07) is 14.6. The van der Waals surface area contributed by atoms with Crippen LogP contribution < -0.4 is 5.32 Å². The topological polar surface area (TPSA) is 88.1 Å². The molecule has 2 aromatic carbocycles. The molecule has 8 heteroatoms. The van der Waals surface area contributed by atoms with Crippen molar-refractivity contribution >= 4 is 39.1 Å². The maximum absolute atomic E-state index is 12.9. The Morgan fingerprint density at radius 2 is 1.68 bits per heavy atom. The highest BCUT2D eigenvalue weighted by Gasteiger charge is 2.19. The number of hydrogen-bond donors (Lipinski definition) is 1. The van der Waals surface area contributed by atoms with Crippen LogP contribution in [0.15, 0.2) is 60.9 Å². The maximum atomic E-state index is 12.9. The average Bonchev–Trinajstić information content (AvgIpc) is 3.24. The first kappa shape index (κ1) is 20.6. The number of fused-ring (bicyclic) bond motifs is 1. The molecule has 0 unspecified atom stereocenters. The van der Waals surface area contributed by atoms with Crippen LogP contribution in [0.25, 0.3) is 20.9 Å². The van der Waals surface area contributed by atoms with E-state index >= 15 is 0 Å². The first-order valence-electron chi connectivity index (χ1n) is 9.98. The molecule has 4 rings (SSSR count). The van der Waals surface area contributed by atoms with E-state index in [0.29, 0.717) is 35.0 Å². The summed E-state index contributed by atoms with van der Waals surface area (Å²) in [4.78, 5) is 40.3. The quantitative estimate of drug-likeness (QED) is 0.486. The molecule has 0 fully saturated rings. The Kier molecular flexibility index (Phi) is 5.99. The summed E-state index contributed by atoms with van der Waals surface area (Å²) in [6.45, 7) is 5.18. The lowest BCUT2D eigenvalue weighted by molar-refractivity contribution is 0.0773. The minimum absolute atomic E-state index is 0.0325. The van der Waals surface area contributed by atoms with Crippen LogP contribution in [-0.4, -0.2) is 44.8 Å². The number of nitrogens with one attached hydrogen (secondary N) is 1. The normalized spacial score (nSPS) is 10.8. The van der Waals surface area contributed by atoms with Gasteiger partial charge in [0.15, 0.2) is 5.69 Å². The number of nitrogens with zero attached hydrogens (tertiary/aromatic N) is 4. The van der Waals surface area contributed by atoms with Crippen molar-refractivity contribution in [3.8, 4) is 10.7 Å². The molecule has 1 N–H and O–H groups in total. The third-order valence-corrected chi connectivity index (χ3v) is 5.89. The number of benzene rings is 2. The van der Waals surface area contributed by atoms with E-state index in [4.69, 9.17) is 0 Å². The van der Waals surface area contributed by atoms with Crippen LogP contribution in [0.2, 0.25) is 0 Å². The smallest absolute Gasteiger partial charge is 0.276 e. The lowest BCUT2D eigenvalue weighted by Gasteiger charge is -2.18. The second kappa shape index (κ2) is 9.01. The Labute approximate surface area is 183 Å². The molecule has 0 saturated carbocycles. The molecule has 7 nitrogen and oxygen atoms in total. The van der Waals surface area contributed by atoms with Crippen LogP contribution in [0, 0.1) is 0 Å². The van der Waals surface area contributed by atoms with E-state index in [1.807, 2.05) is 38.1 Å². The number of carbonyl (C=O) groups is 2. The van der Waals surface area contributed by atoms with Crippen LogP contribution in [0.5, 0.6) is 0 Å². The van der Waals surface area contributed by atoms with Gasteiger partial charge in [-0.3, -0.25) is 9.59 Å². The SMILES string of the molecule is CCN(CC)C(=O)c1ccc(NC(=O)c2nccnc2-c2nc3ccccc3s2)cc1. The van der Waals surface area contributed by atoms with E-state index in [0.717, 1.165) is 10.2 Å². The summed E-state index contributed by atoms with van der Waals surface area (Å²) >= 11 is 1.46. The Hall–Kier alpha value is -3.65. The van der Waals surface area contributed by atoms with E-state index in [1.165, 1.54) is 17.5 Å². The lowest BCUT2D eigenvalue weighted by atomic mass is 10.1. The second-order valence-electron chi connectivity index (χ2n) is 6.75. The van der Waals surface area contributed by atoms with Crippen molar-refractivity contribution in [3.05, 3.63) is 72.2 Å². The standard InChI is InChI=1S/C23H21N5O2S/c1-3-28(4-2)23(30)15-9-11-16(12-10-15)26-21(29)19-20(25-14-13-24-19)22-27-17-7-5-6-8-18(17)31-22/h5-14H,3-4H2,1-2H3,(H,26,29). The van der Waals surface area contributed by atoms with Crippen molar-refractivity contribution in [2.75, 3.05) is 18.4 Å². The predicted molar refractivity (Wildman–Crippen MR) is 122 cm³/mol. The number of carbonyl (C=O) groups excluding carboxylic acids is 2. The summed E-state index contributed by atoms with van der Waals surface area (Å²) < 4.78 is 1.02. The van der Waals surface area contributed by atoms with Gasteiger partial charge in [0.25, 0.3) is 11.8 Å². The van der Waals surface area contributed by atoms with Gasteiger partial charge >= 0.3 is 0 Å². The number of hydrogen-bond acceptors (Lipinski definition) is 6. The van der Waals surface area contributed by atoms with Crippen LogP contribution in [-0.2, 0) is 0 Å². The van der Waals surface area contributed by atoms with Gasteiger partial charge in [-0.25, -0.2) is 15.0 Å². The largest absolute Gasteiger partial charge is 0.339 e. The summed E-state index contributed by atoms with van der Waals surface area (Å²) in [7, 11) is 0. The first-order chi connectivity index (χ1) is 15.1. The van der Waals surface area contributed by atoms with Gasteiger partial charge < -0.3 is 10.2 Å². The Morgan fingerprint density at radius 3 is 2.39 bits per heavy atom. The van der Waals surface area contributed by atoms with E-state index in [1.54, 1.807) is 35.4 Å². The van der Waals surface area contributed by atoms with Crippen molar-refractivity contribution < 1.29 is 9.59 Å². The van der Waals surface area contributed by atoms with Gasteiger partial charge in [0, 0.05) is 36.7 Å². The van der Waals surface area contributed by atoms with Crippen molar-refractivity contribution in [2.24, 2.45) is 0 Å². The highest BCUT2D eigenvalue weighted by Crippen LogP contribution is 2.30. The molecule has 31 heavy (non-hydrogen) atoms. The van der Waals surface area contributed by atoms with Crippen LogP contribution in [0.4, 0.5) is 5.69 Å². The number of para-hydroxylation sites is 1. The number of thiazole rings is 1. The molecule has 2 aromatic heterocycles. The molecule has 0 aliphatic heterocycles. The number of rotatable bonds is 6. The molecular weight excluding hydrogens is 410 g/mol. The third kappa shape index (κ3) is 4.29. The second-order valence-corrected chi connectivity index (χ2v) is 7.78. The highest BCUT2D eigenvalue weighted by molar-refractivity contribution is 7.21. The minimum Gasteiger partial charge on any atom is -0.339 e. The monoisotopic (exact) mass is 431 g/mol. The molecule has 2 amide bonds. The fraction of sp³-hybridized carbons (Fsp3) is 0.174. The van der Waals surface area contributed by atoms with Gasteiger partial charge in [-0.15, -0.1) is 11.3 Å². The van der Waals surface area contributed by atoms with Gasteiger partial charge in [0.05, 0.1) is 10.2 Å². The van der Waals surface area contributed by atoms with E-state index in [9.17, 15) is 9.59 Å². The minimum atomic E-state index is -0.384.